The molecule has 3 heteroatoms. The van der Waals surface area contributed by atoms with Gasteiger partial charge in [0.15, 0.2) is 0 Å². The molecule has 0 amide bonds. The Bertz CT molecular complexity index is 248. The first-order valence-electron chi connectivity index (χ1n) is 5.53. The number of thiol groups is 1. The molecule has 15 heavy (non-hydrogen) atoms. The van der Waals surface area contributed by atoms with Gasteiger partial charge in [0.05, 0.1) is 12.5 Å². The van der Waals surface area contributed by atoms with Gasteiger partial charge in [-0.25, -0.2) is 0 Å². The van der Waals surface area contributed by atoms with Crippen LogP contribution in [0.25, 0.3) is 0 Å². The topological polar surface area (TPSA) is 16.4 Å². The summed E-state index contributed by atoms with van der Waals surface area (Å²) in [6, 6.07) is 2.02. The second kappa shape index (κ2) is 6.96. The molecule has 0 saturated carbocycles. The monoisotopic (exact) mass is 227 g/mol. The molecule has 0 radical (unpaired) electrons. The van der Waals surface area contributed by atoms with Crippen molar-refractivity contribution < 1.29 is 4.42 Å². The summed E-state index contributed by atoms with van der Waals surface area (Å²) in [5.74, 6) is 1.77. The van der Waals surface area contributed by atoms with Gasteiger partial charge in [-0.05, 0) is 44.2 Å². The number of furan rings is 1. The van der Waals surface area contributed by atoms with Gasteiger partial charge in [-0.15, -0.1) is 0 Å². The van der Waals surface area contributed by atoms with Crippen molar-refractivity contribution in [3.05, 3.63) is 24.2 Å². The molecule has 0 fully saturated rings. The molecule has 0 aliphatic carbocycles. The molecular formula is C12H21NOS. The van der Waals surface area contributed by atoms with Crippen LogP contribution in [0.1, 0.15) is 25.3 Å². The lowest BCUT2D eigenvalue weighted by Gasteiger charge is -2.18. The lowest BCUT2D eigenvalue weighted by atomic mass is 10.1. The number of hydrogen-bond donors (Lipinski definition) is 1. The average molecular weight is 227 g/mol. The molecule has 0 aliphatic heterocycles. The zero-order valence-electron chi connectivity index (χ0n) is 9.65. The van der Waals surface area contributed by atoms with Crippen LogP contribution < -0.4 is 0 Å². The SMILES string of the molecule is CC(CCS)CCN(C)Cc1ccoc1. The van der Waals surface area contributed by atoms with Crippen LogP contribution in [0.5, 0.6) is 0 Å². The van der Waals surface area contributed by atoms with E-state index in [1.807, 2.05) is 12.3 Å². The third kappa shape index (κ3) is 5.28. The molecule has 1 atom stereocenters. The Morgan fingerprint density at radius 1 is 1.47 bits per heavy atom. The third-order valence-electron chi connectivity index (χ3n) is 2.66. The van der Waals surface area contributed by atoms with E-state index in [9.17, 15) is 0 Å². The molecule has 2 nitrogen and oxygen atoms in total. The Balaban J connectivity index is 2.16. The minimum Gasteiger partial charge on any atom is -0.472 e. The molecule has 0 aliphatic rings. The molecule has 0 saturated heterocycles. The highest BCUT2D eigenvalue weighted by molar-refractivity contribution is 7.80. The van der Waals surface area contributed by atoms with Crippen molar-refractivity contribution >= 4 is 12.6 Å². The third-order valence-corrected chi connectivity index (χ3v) is 2.92. The van der Waals surface area contributed by atoms with Crippen LogP contribution >= 0.6 is 12.6 Å². The second-order valence-corrected chi connectivity index (χ2v) is 4.72. The van der Waals surface area contributed by atoms with Crippen LogP contribution in [0, 0.1) is 5.92 Å². The zero-order chi connectivity index (χ0) is 11.1. The van der Waals surface area contributed by atoms with Crippen molar-refractivity contribution in [1.82, 2.24) is 4.90 Å². The lowest BCUT2D eigenvalue weighted by Crippen LogP contribution is -2.20. The predicted octanol–water partition coefficient (Wildman–Crippen LogP) is 3.06. The maximum Gasteiger partial charge on any atom is 0.0947 e. The molecule has 0 spiro atoms. The van der Waals surface area contributed by atoms with E-state index in [2.05, 4.69) is 31.5 Å². The maximum absolute atomic E-state index is 5.04. The highest BCUT2D eigenvalue weighted by Crippen LogP contribution is 2.10. The van der Waals surface area contributed by atoms with Crippen molar-refractivity contribution in [2.75, 3.05) is 19.3 Å². The minimum atomic E-state index is 0.772. The largest absolute Gasteiger partial charge is 0.472 e. The Morgan fingerprint density at radius 2 is 2.27 bits per heavy atom. The number of nitrogens with zero attached hydrogens (tertiary/aromatic N) is 1. The first kappa shape index (κ1) is 12.7. The van der Waals surface area contributed by atoms with Gasteiger partial charge in [0.1, 0.15) is 0 Å². The molecule has 0 bridgehead atoms. The van der Waals surface area contributed by atoms with E-state index < -0.39 is 0 Å². The van der Waals surface area contributed by atoms with Crippen LogP contribution in [0.4, 0.5) is 0 Å². The maximum atomic E-state index is 5.04. The normalized spacial score (nSPS) is 13.3. The standard InChI is InChI=1S/C12H21NOS/c1-11(5-8-15)3-6-13(2)9-12-4-7-14-10-12/h4,7,10-11,15H,3,5-6,8-9H2,1-2H3. The van der Waals surface area contributed by atoms with Gasteiger partial charge >= 0.3 is 0 Å². The van der Waals surface area contributed by atoms with Crippen molar-refractivity contribution in [3.63, 3.8) is 0 Å². The highest BCUT2D eigenvalue weighted by Gasteiger charge is 2.05. The number of hydrogen-bond acceptors (Lipinski definition) is 3. The Kier molecular flexibility index (Phi) is 5.88. The molecule has 1 aromatic rings. The van der Waals surface area contributed by atoms with Crippen LogP contribution in [-0.2, 0) is 6.54 Å². The van der Waals surface area contributed by atoms with Gasteiger partial charge in [0.2, 0.25) is 0 Å². The molecule has 1 heterocycles. The molecule has 1 unspecified atom stereocenters. The molecular weight excluding hydrogens is 206 g/mol. The van der Waals surface area contributed by atoms with Crippen LogP contribution in [0.2, 0.25) is 0 Å². The summed E-state index contributed by atoms with van der Waals surface area (Å²) in [6.07, 6.45) is 6.00. The van der Waals surface area contributed by atoms with Gasteiger partial charge < -0.3 is 9.32 Å². The van der Waals surface area contributed by atoms with Crippen LogP contribution in [0.3, 0.4) is 0 Å². The summed E-state index contributed by atoms with van der Waals surface area (Å²) in [5, 5.41) is 0. The highest BCUT2D eigenvalue weighted by atomic mass is 32.1. The van der Waals surface area contributed by atoms with E-state index in [0.717, 1.165) is 24.8 Å². The summed E-state index contributed by atoms with van der Waals surface area (Å²) in [5.41, 5.74) is 1.25. The van der Waals surface area contributed by atoms with Gasteiger partial charge in [-0.2, -0.15) is 12.6 Å². The molecule has 1 rings (SSSR count). The minimum absolute atomic E-state index is 0.772. The molecule has 0 aromatic carbocycles. The molecule has 86 valence electrons. The Hall–Kier alpha value is -0.410. The van der Waals surface area contributed by atoms with Gasteiger partial charge in [-0.1, -0.05) is 6.92 Å². The average Bonchev–Trinajstić information content (AvgIpc) is 2.68. The van der Waals surface area contributed by atoms with E-state index in [-0.39, 0.29) is 0 Å². The van der Waals surface area contributed by atoms with Gasteiger partial charge in [-0.3, -0.25) is 0 Å². The fourth-order valence-electron chi connectivity index (χ4n) is 1.58. The van der Waals surface area contributed by atoms with E-state index in [1.54, 1.807) is 6.26 Å². The Labute approximate surface area is 98.1 Å². The summed E-state index contributed by atoms with van der Waals surface area (Å²) < 4.78 is 5.04. The van der Waals surface area contributed by atoms with Gasteiger partial charge in [0.25, 0.3) is 0 Å². The zero-order valence-corrected chi connectivity index (χ0v) is 10.5. The Morgan fingerprint density at radius 3 is 2.87 bits per heavy atom. The van der Waals surface area contributed by atoms with E-state index in [1.165, 1.54) is 18.4 Å². The smallest absolute Gasteiger partial charge is 0.0947 e. The number of rotatable bonds is 7. The summed E-state index contributed by atoms with van der Waals surface area (Å²) in [4.78, 5) is 2.33. The van der Waals surface area contributed by atoms with Crippen LogP contribution in [-0.4, -0.2) is 24.2 Å². The van der Waals surface area contributed by atoms with E-state index in [4.69, 9.17) is 4.42 Å². The quantitative estimate of drug-likeness (QED) is 0.721. The summed E-state index contributed by atoms with van der Waals surface area (Å²) in [7, 11) is 2.15. The molecule has 1 aromatic heterocycles. The molecule has 0 N–H and O–H groups in total. The lowest BCUT2D eigenvalue weighted by molar-refractivity contribution is 0.296. The first-order valence-corrected chi connectivity index (χ1v) is 6.16. The van der Waals surface area contributed by atoms with Crippen molar-refractivity contribution in [2.24, 2.45) is 5.92 Å². The van der Waals surface area contributed by atoms with Crippen molar-refractivity contribution in [1.29, 1.82) is 0 Å². The van der Waals surface area contributed by atoms with Crippen LogP contribution in [0.15, 0.2) is 23.0 Å². The predicted molar refractivity (Wildman–Crippen MR) is 67.3 cm³/mol. The van der Waals surface area contributed by atoms with Crippen molar-refractivity contribution in [2.45, 2.75) is 26.3 Å². The van der Waals surface area contributed by atoms with Gasteiger partial charge in [0, 0.05) is 12.1 Å². The van der Waals surface area contributed by atoms with Crippen molar-refractivity contribution in [3.8, 4) is 0 Å². The summed E-state index contributed by atoms with van der Waals surface area (Å²) >= 11 is 4.25. The van der Waals surface area contributed by atoms with E-state index in [0.29, 0.717) is 0 Å². The fraction of sp³-hybridized carbons (Fsp3) is 0.667. The second-order valence-electron chi connectivity index (χ2n) is 4.28. The summed E-state index contributed by atoms with van der Waals surface area (Å²) in [6.45, 7) is 4.41. The first-order chi connectivity index (χ1) is 7.22. The fourth-order valence-corrected chi connectivity index (χ4v) is 2.02. The van der Waals surface area contributed by atoms with E-state index >= 15 is 0 Å².